The zero-order valence-corrected chi connectivity index (χ0v) is 17.8. The first-order valence-electron chi connectivity index (χ1n) is 10.5. The topological polar surface area (TPSA) is 3.24 Å². The van der Waals surface area contributed by atoms with Crippen LogP contribution >= 0.6 is 24.0 Å². The lowest BCUT2D eigenvalue weighted by Gasteiger charge is -2.32. The summed E-state index contributed by atoms with van der Waals surface area (Å²) in [6, 6.07) is 7.49. The number of hydrogen-bond donors (Lipinski definition) is 0. The molecule has 0 amide bonds. The van der Waals surface area contributed by atoms with E-state index in [4.69, 9.17) is 11.6 Å². The molecule has 1 aromatic carbocycles. The SMILES string of the molecule is CCN(C/C=C\c1ccc(C2CCCCC2)c(Cl)c1)C1CCCCC1.Cl. The first kappa shape index (κ1) is 21.8. The summed E-state index contributed by atoms with van der Waals surface area (Å²) in [5.41, 5.74) is 2.61. The van der Waals surface area contributed by atoms with E-state index in [9.17, 15) is 0 Å². The predicted octanol–water partition coefficient (Wildman–Crippen LogP) is 7.48. The molecule has 0 saturated heterocycles. The fraction of sp³-hybridized carbons (Fsp3) is 0.652. The Balaban J connectivity index is 0.00000243. The summed E-state index contributed by atoms with van der Waals surface area (Å²) < 4.78 is 0. The minimum Gasteiger partial charge on any atom is -0.297 e. The van der Waals surface area contributed by atoms with E-state index in [2.05, 4.69) is 42.2 Å². The van der Waals surface area contributed by atoms with E-state index in [-0.39, 0.29) is 12.4 Å². The molecule has 2 aliphatic rings. The van der Waals surface area contributed by atoms with Crippen molar-refractivity contribution in [3.63, 3.8) is 0 Å². The van der Waals surface area contributed by atoms with E-state index in [1.165, 1.54) is 75.3 Å². The van der Waals surface area contributed by atoms with Gasteiger partial charge in [-0.3, -0.25) is 4.90 Å². The average molecular weight is 396 g/mol. The monoisotopic (exact) mass is 395 g/mol. The maximum atomic E-state index is 6.61. The van der Waals surface area contributed by atoms with Gasteiger partial charge in [0.2, 0.25) is 0 Å². The van der Waals surface area contributed by atoms with Crippen molar-refractivity contribution in [1.82, 2.24) is 4.90 Å². The molecule has 0 heterocycles. The number of nitrogens with zero attached hydrogens (tertiary/aromatic N) is 1. The van der Waals surface area contributed by atoms with E-state index in [0.717, 1.165) is 24.2 Å². The van der Waals surface area contributed by atoms with Crippen molar-refractivity contribution in [3.8, 4) is 0 Å². The molecule has 0 aliphatic heterocycles. The van der Waals surface area contributed by atoms with Gasteiger partial charge < -0.3 is 0 Å². The van der Waals surface area contributed by atoms with Crippen molar-refractivity contribution in [2.45, 2.75) is 83.1 Å². The third-order valence-corrected chi connectivity index (χ3v) is 6.54. The molecule has 0 aromatic heterocycles. The molecule has 0 N–H and O–H groups in total. The number of rotatable bonds is 6. The van der Waals surface area contributed by atoms with Crippen LogP contribution in [0.2, 0.25) is 5.02 Å². The molecular weight excluding hydrogens is 361 g/mol. The van der Waals surface area contributed by atoms with Crippen molar-refractivity contribution in [1.29, 1.82) is 0 Å². The Morgan fingerprint density at radius 1 is 1.00 bits per heavy atom. The molecule has 3 rings (SSSR count). The Hall–Kier alpha value is -0.500. The standard InChI is InChI=1S/C23H34ClN.ClH/c1-2-25(21-13-7-4-8-14-21)17-9-10-19-15-16-22(23(24)18-19)20-11-5-3-6-12-20;/h9-10,15-16,18,20-21H,2-8,11-14,17H2,1H3;1H/b10-9-;. The quantitative estimate of drug-likeness (QED) is 0.482. The Kier molecular flexibility index (Phi) is 9.53. The molecule has 2 fully saturated rings. The van der Waals surface area contributed by atoms with E-state index in [1.807, 2.05) is 0 Å². The lowest BCUT2D eigenvalue weighted by atomic mass is 9.84. The fourth-order valence-corrected chi connectivity index (χ4v) is 5.04. The van der Waals surface area contributed by atoms with Crippen molar-refractivity contribution in [2.75, 3.05) is 13.1 Å². The normalized spacial score (nSPS) is 19.8. The van der Waals surface area contributed by atoms with Crippen LogP contribution in [0.25, 0.3) is 6.08 Å². The molecule has 0 spiro atoms. The molecule has 0 radical (unpaired) electrons. The Bertz CT molecular complexity index is 557. The van der Waals surface area contributed by atoms with Gasteiger partial charge in [-0.05, 0) is 55.3 Å². The molecule has 26 heavy (non-hydrogen) atoms. The molecular formula is C23H35Cl2N. The third-order valence-electron chi connectivity index (χ3n) is 6.22. The summed E-state index contributed by atoms with van der Waals surface area (Å²) in [6.07, 6.45) is 18.3. The number of halogens is 2. The van der Waals surface area contributed by atoms with E-state index in [0.29, 0.717) is 5.92 Å². The van der Waals surface area contributed by atoms with Gasteiger partial charge in [-0.2, -0.15) is 0 Å². The van der Waals surface area contributed by atoms with Gasteiger partial charge in [0.05, 0.1) is 0 Å². The molecule has 2 saturated carbocycles. The minimum atomic E-state index is 0. The second-order valence-corrected chi connectivity index (χ2v) is 8.30. The Labute approximate surface area is 171 Å². The third kappa shape index (κ3) is 6.01. The summed E-state index contributed by atoms with van der Waals surface area (Å²) in [7, 11) is 0. The lowest BCUT2D eigenvalue weighted by Crippen LogP contribution is -2.36. The average Bonchev–Trinajstić information content (AvgIpc) is 2.67. The van der Waals surface area contributed by atoms with Gasteiger partial charge >= 0.3 is 0 Å². The minimum absolute atomic E-state index is 0. The molecule has 3 heteroatoms. The van der Waals surface area contributed by atoms with Crippen LogP contribution in [0.4, 0.5) is 0 Å². The Morgan fingerprint density at radius 3 is 2.27 bits per heavy atom. The molecule has 1 aromatic rings. The highest BCUT2D eigenvalue weighted by atomic mass is 35.5. The molecule has 0 unspecified atom stereocenters. The van der Waals surface area contributed by atoms with Gasteiger partial charge in [0.1, 0.15) is 0 Å². The molecule has 0 bridgehead atoms. The molecule has 2 aliphatic carbocycles. The van der Waals surface area contributed by atoms with Crippen LogP contribution < -0.4 is 0 Å². The highest BCUT2D eigenvalue weighted by Crippen LogP contribution is 2.36. The van der Waals surface area contributed by atoms with Gasteiger partial charge in [-0.1, -0.05) is 81.3 Å². The highest BCUT2D eigenvalue weighted by molar-refractivity contribution is 6.31. The van der Waals surface area contributed by atoms with Crippen LogP contribution in [-0.4, -0.2) is 24.0 Å². The van der Waals surface area contributed by atoms with E-state index < -0.39 is 0 Å². The van der Waals surface area contributed by atoms with Gasteiger partial charge in [0.25, 0.3) is 0 Å². The van der Waals surface area contributed by atoms with Crippen molar-refractivity contribution >= 4 is 30.1 Å². The van der Waals surface area contributed by atoms with E-state index >= 15 is 0 Å². The summed E-state index contributed by atoms with van der Waals surface area (Å²) in [6.45, 7) is 4.50. The van der Waals surface area contributed by atoms with Crippen LogP contribution in [0.15, 0.2) is 24.3 Å². The predicted molar refractivity (Wildman–Crippen MR) is 118 cm³/mol. The number of hydrogen-bond acceptors (Lipinski definition) is 1. The zero-order chi connectivity index (χ0) is 17.5. The van der Waals surface area contributed by atoms with Gasteiger partial charge in [0.15, 0.2) is 0 Å². The van der Waals surface area contributed by atoms with Crippen LogP contribution in [-0.2, 0) is 0 Å². The molecule has 0 atom stereocenters. The fourth-order valence-electron chi connectivity index (χ4n) is 4.70. The van der Waals surface area contributed by atoms with Gasteiger partial charge in [0, 0.05) is 17.6 Å². The summed E-state index contributed by atoms with van der Waals surface area (Å²) >= 11 is 6.61. The first-order valence-corrected chi connectivity index (χ1v) is 10.9. The number of likely N-dealkylation sites (N-methyl/N-ethyl adjacent to an activating group) is 1. The smallest absolute Gasteiger partial charge is 0.0446 e. The maximum Gasteiger partial charge on any atom is 0.0446 e. The largest absolute Gasteiger partial charge is 0.297 e. The van der Waals surface area contributed by atoms with Gasteiger partial charge in [-0.25, -0.2) is 0 Å². The van der Waals surface area contributed by atoms with Crippen molar-refractivity contribution < 1.29 is 0 Å². The summed E-state index contributed by atoms with van der Waals surface area (Å²) in [5.74, 6) is 0.682. The second-order valence-electron chi connectivity index (χ2n) is 7.90. The van der Waals surface area contributed by atoms with E-state index in [1.54, 1.807) is 0 Å². The lowest BCUT2D eigenvalue weighted by molar-refractivity contribution is 0.181. The molecule has 1 nitrogen and oxygen atoms in total. The van der Waals surface area contributed by atoms with Crippen LogP contribution in [0.5, 0.6) is 0 Å². The Morgan fingerprint density at radius 2 is 1.65 bits per heavy atom. The number of benzene rings is 1. The summed E-state index contributed by atoms with van der Waals surface area (Å²) in [5, 5.41) is 0.966. The van der Waals surface area contributed by atoms with Crippen molar-refractivity contribution in [3.05, 3.63) is 40.4 Å². The van der Waals surface area contributed by atoms with Crippen LogP contribution in [0, 0.1) is 0 Å². The molecule has 146 valence electrons. The summed E-state index contributed by atoms with van der Waals surface area (Å²) in [4.78, 5) is 2.63. The zero-order valence-electron chi connectivity index (χ0n) is 16.3. The van der Waals surface area contributed by atoms with Crippen molar-refractivity contribution in [2.24, 2.45) is 0 Å². The van der Waals surface area contributed by atoms with Gasteiger partial charge in [-0.15, -0.1) is 12.4 Å². The highest BCUT2D eigenvalue weighted by Gasteiger charge is 2.19. The van der Waals surface area contributed by atoms with Crippen LogP contribution in [0.3, 0.4) is 0 Å². The van der Waals surface area contributed by atoms with Crippen LogP contribution in [0.1, 0.15) is 88.2 Å². The second kappa shape index (κ2) is 11.4. The maximum absolute atomic E-state index is 6.61. The first-order chi connectivity index (χ1) is 12.3.